The largest absolute Gasteiger partial charge is 0.396 e. The molecule has 2 rings (SSSR count). The number of aliphatic hydroxyl groups is 1. The maximum absolute atomic E-state index is 12.2. The van der Waals surface area contributed by atoms with Crippen molar-refractivity contribution in [2.24, 2.45) is 5.92 Å². The monoisotopic (exact) mass is 288 g/mol. The summed E-state index contributed by atoms with van der Waals surface area (Å²) in [5.41, 5.74) is 0.201. The van der Waals surface area contributed by atoms with Gasteiger partial charge >= 0.3 is 0 Å². The van der Waals surface area contributed by atoms with E-state index in [1.807, 2.05) is 0 Å². The van der Waals surface area contributed by atoms with Crippen molar-refractivity contribution in [1.29, 1.82) is 0 Å². The molecule has 0 unspecified atom stereocenters. The molecule has 1 saturated heterocycles. The van der Waals surface area contributed by atoms with Crippen molar-refractivity contribution >= 4 is 29.1 Å². The minimum atomic E-state index is -0.195. The lowest BCUT2D eigenvalue weighted by Gasteiger charge is -2.31. The SMILES string of the molecule is O=C(c1nc(Cl)ccc1Cl)N1CCC(CO)CC1. The fourth-order valence-electron chi connectivity index (χ4n) is 2.04. The van der Waals surface area contributed by atoms with Gasteiger partial charge in [0.2, 0.25) is 0 Å². The van der Waals surface area contributed by atoms with Crippen molar-refractivity contribution in [2.75, 3.05) is 19.7 Å². The molecule has 1 amide bonds. The lowest BCUT2D eigenvalue weighted by Crippen LogP contribution is -2.39. The Balaban J connectivity index is 2.10. The van der Waals surface area contributed by atoms with Crippen LogP contribution in [0.3, 0.4) is 0 Å². The molecule has 1 aromatic rings. The topological polar surface area (TPSA) is 53.4 Å². The van der Waals surface area contributed by atoms with E-state index >= 15 is 0 Å². The first-order valence-corrected chi connectivity index (χ1v) is 6.59. The third-order valence-electron chi connectivity index (χ3n) is 3.17. The van der Waals surface area contributed by atoms with Crippen LogP contribution in [0.15, 0.2) is 12.1 Å². The molecule has 1 fully saturated rings. The predicted octanol–water partition coefficient (Wildman–Crippen LogP) is 2.23. The average Bonchev–Trinajstić information content (AvgIpc) is 2.41. The van der Waals surface area contributed by atoms with Gasteiger partial charge in [-0.15, -0.1) is 0 Å². The fraction of sp³-hybridized carbons (Fsp3) is 0.500. The van der Waals surface area contributed by atoms with Crippen LogP contribution in [-0.2, 0) is 0 Å². The van der Waals surface area contributed by atoms with Gasteiger partial charge in [-0.2, -0.15) is 0 Å². The van der Waals surface area contributed by atoms with Gasteiger partial charge in [-0.3, -0.25) is 4.79 Å². The molecular weight excluding hydrogens is 275 g/mol. The number of carbonyl (C=O) groups excluding carboxylic acids is 1. The van der Waals surface area contributed by atoms with Crippen LogP contribution in [0.2, 0.25) is 10.2 Å². The van der Waals surface area contributed by atoms with Crippen LogP contribution in [-0.4, -0.2) is 40.6 Å². The highest BCUT2D eigenvalue weighted by Crippen LogP contribution is 2.22. The molecule has 1 aromatic heterocycles. The number of nitrogens with zero attached hydrogens (tertiary/aromatic N) is 2. The summed E-state index contributed by atoms with van der Waals surface area (Å²) >= 11 is 11.7. The number of aromatic nitrogens is 1. The first-order chi connectivity index (χ1) is 8.61. The lowest BCUT2D eigenvalue weighted by atomic mass is 9.98. The highest BCUT2D eigenvalue weighted by molar-refractivity contribution is 6.34. The van der Waals surface area contributed by atoms with Crippen LogP contribution in [0.1, 0.15) is 23.3 Å². The van der Waals surface area contributed by atoms with Crippen molar-refractivity contribution < 1.29 is 9.90 Å². The van der Waals surface area contributed by atoms with Crippen LogP contribution in [0.5, 0.6) is 0 Å². The van der Waals surface area contributed by atoms with Crippen LogP contribution in [0, 0.1) is 5.92 Å². The van der Waals surface area contributed by atoms with E-state index in [2.05, 4.69) is 4.98 Å². The van der Waals surface area contributed by atoms with Crippen molar-refractivity contribution in [2.45, 2.75) is 12.8 Å². The third-order valence-corrected chi connectivity index (χ3v) is 3.69. The molecular formula is C12H14Cl2N2O2. The Kier molecular flexibility index (Phi) is 4.43. The molecule has 0 saturated carbocycles. The fourth-order valence-corrected chi connectivity index (χ4v) is 2.37. The quantitative estimate of drug-likeness (QED) is 0.849. The van der Waals surface area contributed by atoms with Crippen molar-refractivity contribution in [3.05, 3.63) is 28.0 Å². The number of rotatable bonds is 2. The molecule has 0 bridgehead atoms. The highest BCUT2D eigenvalue weighted by Gasteiger charge is 2.25. The molecule has 0 spiro atoms. The zero-order valence-electron chi connectivity index (χ0n) is 9.77. The summed E-state index contributed by atoms with van der Waals surface area (Å²) in [6.07, 6.45) is 1.61. The molecule has 0 aromatic carbocycles. The molecule has 0 radical (unpaired) electrons. The summed E-state index contributed by atoms with van der Waals surface area (Å²) in [5, 5.41) is 9.63. The van der Waals surface area contributed by atoms with Gasteiger partial charge in [-0.25, -0.2) is 4.98 Å². The second-order valence-corrected chi connectivity index (χ2v) is 5.18. The van der Waals surface area contributed by atoms with Crippen LogP contribution in [0.25, 0.3) is 0 Å². The van der Waals surface area contributed by atoms with E-state index in [0.717, 1.165) is 12.8 Å². The standard InChI is InChI=1S/C12H14Cl2N2O2/c13-9-1-2-10(14)15-11(9)12(18)16-5-3-8(7-17)4-6-16/h1-2,8,17H,3-7H2. The first kappa shape index (κ1) is 13.6. The number of aliphatic hydroxyl groups excluding tert-OH is 1. The van der Waals surface area contributed by atoms with E-state index in [4.69, 9.17) is 28.3 Å². The number of hydrogen-bond donors (Lipinski definition) is 1. The molecule has 2 heterocycles. The summed E-state index contributed by atoms with van der Waals surface area (Å²) in [6, 6.07) is 3.13. The van der Waals surface area contributed by atoms with Gasteiger partial charge in [0.25, 0.3) is 5.91 Å². The van der Waals surface area contributed by atoms with Crippen molar-refractivity contribution in [3.8, 4) is 0 Å². The number of hydrogen-bond acceptors (Lipinski definition) is 3. The summed E-state index contributed by atoms with van der Waals surface area (Å²) in [7, 11) is 0. The van der Waals surface area contributed by atoms with Gasteiger partial charge < -0.3 is 10.0 Å². The molecule has 0 aliphatic carbocycles. The number of halogens is 2. The number of likely N-dealkylation sites (tertiary alicyclic amines) is 1. The third kappa shape index (κ3) is 2.94. The molecule has 1 aliphatic rings. The van der Waals surface area contributed by atoms with E-state index in [9.17, 15) is 4.79 Å². The molecule has 98 valence electrons. The summed E-state index contributed by atoms with van der Waals surface area (Å²) in [6.45, 7) is 1.42. The average molecular weight is 289 g/mol. The number of amides is 1. The minimum absolute atomic E-state index is 0.179. The highest BCUT2D eigenvalue weighted by atomic mass is 35.5. The summed E-state index contributed by atoms with van der Waals surface area (Å²) in [4.78, 5) is 17.9. The van der Waals surface area contributed by atoms with Gasteiger partial charge in [0.1, 0.15) is 10.8 Å². The molecule has 4 nitrogen and oxygen atoms in total. The molecule has 0 atom stereocenters. The Morgan fingerprint density at radius 3 is 2.67 bits per heavy atom. The van der Waals surface area contributed by atoms with Gasteiger partial charge in [-0.1, -0.05) is 23.2 Å². The lowest BCUT2D eigenvalue weighted by molar-refractivity contribution is 0.0645. The van der Waals surface area contributed by atoms with Crippen LogP contribution < -0.4 is 0 Å². The number of piperidine rings is 1. The molecule has 18 heavy (non-hydrogen) atoms. The van der Waals surface area contributed by atoms with Crippen molar-refractivity contribution in [1.82, 2.24) is 9.88 Å². The van der Waals surface area contributed by atoms with Gasteiger partial charge in [0.15, 0.2) is 0 Å². The normalized spacial score (nSPS) is 16.9. The Morgan fingerprint density at radius 1 is 1.39 bits per heavy atom. The number of pyridine rings is 1. The summed E-state index contributed by atoms with van der Waals surface area (Å²) < 4.78 is 0. The Labute approximate surface area is 116 Å². The molecule has 1 aliphatic heterocycles. The Bertz CT molecular complexity index is 446. The predicted molar refractivity (Wildman–Crippen MR) is 70.0 cm³/mol. The van der Waals surface area contributed by atoms with E-state index in [-0.39, 0.29) is 29.3 Å². The van der Waals surface area contributed by atoms with E-state index < -0.39 is 0 Å². The minimum Gasteiger partial charge on any atom is -0.396 e. The smallest absolute Gasteiger partial charge is 0.274 e. The first-order valence-electron chi connectivity index (χ1n) is 5.84. The number of carbonyl (C=O) groups is 1. The second kappa shape index (κ2) is 5.87. The maximum atomic E-state index is 12.2. The van der Waals surface area contributed by atoms with E-state index in [0.29, 0.717) is 18.1 Å². The maximum Gasteiger partial charge on any atom is 0.274 e. The zero-order valence-corrected chi connectivity index (χ0v) is 11.3. The van der Waals surface area contributed by atoms with Crippen LogP contribution in [0.4, 0.5) is 0 Å². The molecule has 6 heteroatoms. The van der Waals surface area contributed by atoms with Crippen LogP contribution >= 0.6 is 23.2 Å². The zero-order chi connectivity index (χ0) is 13.1. The van der Waals surface area contributed by atoms with Gasteiger partial charge in [0.05, 0.1) is 5.02 Å². The van der Waals surface area contributed by atoms with Gasteiger partial charge in [-0.05, 0) is 30.9 Å². The molecule has 1 N–H and O–H groups in total. The van der Waals surface area contributed by atoms with Crippen molar-refractivity contribution in [3.63, 3.8) is 0 Å². The Morgan fingerprint density at radius 2 is 2.06 bits per heavy atom. The van der Waals surface area contributed by atoms with E-state index in [1.165, 1.54) is 0 Å². The van der Waals surface area contributed by atoms with Gasteiger partial charge in [0, 0.05) is 19.7 Å². The summed E-state index contributed by atoms with van der Waals surface area (Å²) in [5.74, 6) is 0.0933. The second-order valence-electron chi connectivity index (χ2n) is 4.38. The van der Waals surface area contributed by atoms with E-state index in [1.54, 1.807) is 17.0 Å². The Hall–Kier alpha value is -0.840.